The van der Waals surface area contributed by atoms with Crippen LogP contribution >= 0.6 is 0 Å². The van der Waals surface area contributed by atoms with E-state index in [1.807, 2.05) is 49.1 Å². The highest BCUT2D eigenvalue weighted by atomic mass is 16.3. The van der Waals surface area contributed by atoms with Crippen LogP contribution in [0.15, 0.2) is 30.3 Å². The predicted molar refractivity (Wildman–Crippen MR) is 84.8 cm³/mol. The second-order valence-corrected chi connectivity index (χ2v) is 6.72. The predicted octanol–water partition coefficient (Wildman–Crippen LogP) is 3.39. The van der Waals surface area contributed by atoms with Crippen LogP contribution in [0.3, 0.4) is 0 Å². The molecular weight excluding hydrogens is 262 g/mol. The van der Waals surface area contributed by atoms with E-state index in [1.165, 1.54) is 0 Å². The van der Waals surface area contributed by atoms with E-state index in [9.17, 15) is 9.90 Å². The van der Waals surface area contributed by atoms with Gasteiger partial charge in [-0.2, -0.15) is 0 Å². The number of aliphatic hydroxyl groups excluding tert-OH is 1. The first-order valence-corrected chi connectivity index (χ1v) is 7.98. The van der Waals surface area contributed by atoms with Crippen molar-refractivity contribution in [1.29, 1.82) is 0 Å². The smallest absolute Gasteiger partial charge is 0.228 e. The first kappa shape index (κ1) is 16.0. The number of carbonyl (C=O) groups excluding carboxylic acids is 1. The van der Waals surface area contributed by atoms with Gasteiger partial charge in [0, 0.05) is 18.5 Å². The van der Waals surface area contributed by atoms with Gasteiger partial charge in [-0.15, -0.1) is 0 Å². The van der Waals surface area contributed by atoms with Gasteiger partial charge >= 0.3 is 0 Å². The Balaban J connectivity index is 1.93. The van der Waals surface area contributed by atoms with Crippen molar-refractivity contribution in [1.82, 2.24) is 4.90 Å². The molecule has 1 saturated heterocycles. The standard InChI is InChI=1S/C18H27NO2/c1-4-18(2,3)17(21)19-12-10-15(11-13-19)16(20)14-8-6-5-7-9-14/h5-9,15-16,20H,4,10-13H2,1-3H3. The summed E-state index contributed by atoms with van der Waals surface area (Å²) in [6.07, 6.45) is 2.20. The van der Waals surface area contributed by atoms with Gasteiger partial charge in [-0.1, -0.05) is 51.1 Å². The minimum absolute atomic E-state index is 0.248. The van der Waals surface area contributed by atoms with Crippen LogP contribution in [0.25, 0.3) is 0 Å². The fourth-order valence-electron chi connectivity index (χ4n) is 2.92. The Hall–Kier alpha value is -1.35. The maximum absolute atomic E-state index is 12.5. The van der Waals surface area contributed by atoms with Crippen LogP contribution < -0.4 is 0 Å². The van der Waals surface area contributed by atoms with E-state index >= 15 is 0 Å². The number of rotatable bonds is 4. The fraction of sp³-hybridized carbons (Fsp3) is 0.611. The molecule has 0 saturated carbocycles. The van der Waals surface area contributed by atoms with E-state index in [1.54, 1.807) is 0 Å². The molecule has 1 aromatic carbocycles. The molecule has 0 spiro atoms. The van der Waals surface area contributed by atoms with Gasteiger partial charge < -0.3 is 10.0 Å². The first-order valence-electron chi connectivity index (χ1n) is 7.98. The number of carbonyl (C=O) groups is 1. The Bertz CT molecular complexity index is 461. The van der Waals surface area contributed by atoms with Gasteiger partial charge in [-0.3, -0.25) is 4.79 Å². The zero-order valence-electron chi connectivity index (χ0n) is 13.4. The maximum Gasteiger partial charge on any atom is 0.228 e. The van der Waals surface area contributed by atoms with Gasteiger partial charge in [-0.25, -0.2) is 0 Å². The Morgan fingerprint density at radius 3 is 2.38 bits per heavy atom. The summed E-state index contributed by atoms with van der Waals surface area (Å²) < 4.78 is 0. The van der Waals surface area contributed by atoms with Gasteiger partial charge in [0.05, 0.1) is 6.10 Å². The van der Waals surface area contributed by atoms with Crippen molar-refractivity contribution in [2.24, 2.45) is 11.3 Å². The van der Waals surface area contributed by atoms with Crippen LogP contribution in [0.2, 0.25) is 0 Å². The Morgan fingerprint density at radius 2 is 1.86 bits per heavy atom. The second kappa shape index (κ2) is 6.61. The molecule has 1 fully saturated rings. The molecule has 1 heterocycles. The van der Waals surface area contributed by atoms with Crippen LogP contribution in [-0.2, 0) is 4.79 Å². The van der Waals surface area contributed by atoms with E-state index in [2.05, 4.69) is 6.92 Å². The fourth-order valence-corrected chi connectivity index (χ4v) is 2.92. The molecule has 1 amide bonds. The number of hydrogen-bond acceptors (Lipinski definition) is 2. The van der Waals surface area contributed by atoms with Gasteiger partial charge in [-0.05, 0) is 30.7 Å². The molecule has 3 heteroatoms. The number of benzene rings is 1. The number of amides is 1. The summed E-state index contributed by atoms with van der Waals surface area (Å²) in [6.45, 7) is 7.61. The van der Waals surface area contributed by atoms with Crippen molar-refractivity contribution in [3.63, 3.8) is 0 Å². The highest BCUT2D eigenvalue weighted by Gasteiger charge is 2.34. The third-order valence-electron chi connectivity index (χ3n) is 4.88. The minimum atomic E-state index is -0.414. The van der Waals surface area contributed by atoms with Crippen molar-refractivity contribution in [3.05, 3.63) is 35.9 Å². The van der Waals surface area contributed by atoms with Crippen molar-refractivity contribution in [3.8, 4) is 0 Å². The molecule has 1 atom stereocenters. The molecule has 0 bridgehead atoms. The second-order valence-electron chi connectivity index (χ2n) is 6.72. The van der Waals surface area contributed by atoms with Crippen LogP contribution in [0.4, 0.5) is 0 Å². The number of aliphatic hydroxyl groups is 1. The molecule has 1 N–H and O–H groups in total. The zero-order valence-corrected chi connectivity index (χ0v) is 13.4. The highest BCUT2D eigenvalue weighted by molar-refractivity contribution is 5.81. The third-order valence-corrected chi connectivity index (χ3v) is 4.88. The zero-order chi connectivity index (χ0) is 15.5. The van der Waals surface area contributed by atoms with Crippen molar-refractivity contribution in [2.75, 3.05) is 13.1 Å². The highest BCUT2D eigenvalue weighted by Crippen LogP contribution is 2.32. The Labute approximate surface area is 128 Å². The lowest BCUT2D eigenvalue weighted by atomic mass is 9.84. The Morgan fingerprint density at radius 1 is 1.29 bits per heavy atom. The average molecular weight is 289 g/mol. The average Bonchev–Trinajstić information content (AvgIpc) is 2.54. The molecule has 21 heavy (non-hydrogen) atoms. The lowest BCUT2D eigenvalue weighted by molar-refractivity contribution is -0.142. The van der Waals surface area contributed by atoms with E-state index in [4.69, 9.17) is 0 Å². The topological polar surface area (TPSA) is 40.5 Å². The largest absolute Gasteiger partial charge is 0.388 e. The van der Waals surface area contributed by atoms with Gasteiger partial charge in [0.15, 0.2) is 0 Å². The first-order chi connectivity index (χ1) is 9.95. The number of nitrogens with zero attached hydrogens (tertiary/aromatic N) is 1. The summed E-state index contributed by atoms with van der Waals surface area (Å²) in [5, 5.41) is 10.5. The van der Waals surface area contributed by atoms with Crippen LogP contribution in [0.1, 0.15) is 51.7 Å². The minimum Gasteiger partial charge on any atom is -0.388 e. The summed E-state index contributed by atoms with van der Waals surface area (Å²) in [5.74, 6) is 0.499. The van der Waals surface area contributed by atoms with Gasteiger partial charge in [0.25, 0.3) is 0 Å². The van der Waals surface area contributed by atoms with Crippen LogP contribution in [0, 0.1) is 11.3 Å². The quantitative estimate of drug-likeness (QED) is 0.923. The lowest BCUT2D eigenvalue weighted by Crippen LogP contribution is -2.45. The van der Waals surface area contributed by atoms with Crippen molar-refractivity contribution in [2.45, 2.75) is 46.1 Å². The lowest BCUT2D eigenvalue weighted by Gasteiger charge is -2.38. The van der Waals surface area contributed by atoms with Gasteiger partial charge in [0.2, 0.25) is 5.91 Å². The molecule has 0 aromatic heterocycles. The van der Waals surface area contributed by atoms with E-state index < -0.39 is 6.10 Å². The third kappa shape index (κ3) is 3.65. The number of likely N-dealkylation sites (tertiary alicyclic amines) is 1. The molecule has 3 nitrogen and oxygen atoms in total. The van der Waals surface area contributed by atoms with Crippen LogP contribution in [0.5, 0.6) is 0 Å². The Kier molecular flexibility index (Phi) is 5.04. The van der Waals surface area contributed by atoms with E-state index in [0.29, 0.717) is 0 Å². The molecule has 116 valence electrons. The number of hydrogen-bond donors (Lipinski definition) is 1. The van der Waals surface area contributed by atoms with E-state index in [0.717, 1.165) is 37.9 Å². The SMILES string of the molecule is CCC(C)(C)C(=O)N1CCC(C(O)c2ccccc2)CC1. The molecular formula is C18H27NO2. The maximum atomic E-state index is 12.5. The summed E-state index contributed by atoms with van der Waals surface area (Å²) in [6, 6.07) is 9.83. The number of piperidine rings is 1. The molecule has 1 aliphatic heterocycles. The molecule has 1 unspecified atom stereocenters. The summed E-state index contributed by atoms with van der Waals surface area (Å²) in [5.41, 5.74) is 0.710. The summed E-state index contributed by atoms with van der Waals surface area (Å²) in [4.78, 5) is 14.4. The van der Waals surface area contributed by atoms with Crippen LogP contribution in [-0.4, -0.2) is 29.0 Å². The normalized spacial score (nSPS) is 18.6. The van der Waals surface area contributed by atoms with Gasteiger partial charge in [0.1, 0.15) is 0 Å². The summed E-state index contributed by atoms with van der Waals surface area (Å²) in [7, 11) is 0. The monoisotopic (exact) mass is 289 g/mol. The molecule has 0 aliphatic carbocycles. The summed E-state index contributed by atoms with van der Waals surface area (Å²) >= 11 is 0. The van der Waals surface area contributed by atoms with E-state index in [-0.39, 0.29) is 17.2 Å². The molecule has 1 aromatic rings. The van der Waals surface area contributed by atoms with Crippen molar-refractivity contribution < 1.29 is 9.90 Å². The molecule has 2 rings (SSSR count). The van der Waals surface area contributed by atoms with Crippen molar-refractivity contribution >= 4 is 5.91 Å². The molecule has 0 radical (unpaired) electrons. The molecule has 1 aliphatic rings.